The van der Waals surface area contributed by atoms with Crippen LogP contribution in [0.15, 0.2) is 72.8 Å². The zero-order valence-electron chi connectivity index (χ0n) is 17.4. The second-order valence-electron chi connectivity index (χ2n) is 7.15. The van der Waals surface area contributed by atoms with Crippen molar-refractivity contribution >= 4 is 47.0 Å². The summed E-state index contributed by atoms with van der Waals surface area (Å²) in [6, 6.07) is 15.7. The summed E-state index contributed by atoms with van der Waals surface area (Å²) in [4.78, 5) is 48.7. The lowest BCUT2D eigenvalue weighted by molar-refractivity contribution is -0.147. The molecule has 2 amide bonds. The first-order valence-electron chi connectivity index (χ1n) is 9.85. The fraction of sp³-hybridized carbons (Fsp3) is 0.0833. The summed E-state index contributed by atoms with van der Waals surface area (Å²) >= 11 is 11.7. The van der Waals surface area contributed by atoms with Gasteiger partial charge in [0.2, 0.25) is 0 Å². The number of nitrogens with one attached hydrogen (secondary N) is 2. The lowest BCUT2D eigenvalue weighted by atomic mass is 10.0. The standard InChI is InChI=1S/C24H18Cl2N2O6/c25-17-11-10-16(12-18(17)26)22(30)28-20(24(33)34)19(23(31)32)27-21(29)15-8-6-14(7-9-15)13-4-2-1-3-5-13/h1-12,19-20H,(H,27,29)(H,28,30)(H,31,32)(H,33,34). The van der Waals surface area contributed by atoms with Gasteiger partial charge >= 0.3 is 11.9 Å². The van der Waals surface area contributed by atoms with Gasteiger partial charge in [-0.25, -0.2) is 9.59 Å². The third-order valence-electron chi connectivity index (χ3n) is 4.87. The SMILES string of the molecule is O=C(NC(C(=O)O)C(NC(=O)c1ccc(Cl)c(Cl)c1)C(=O)O)c1ccc(-c2ccccc2)cc1. The van der Waals surface area contributed by atoms with E-state index in [0.717, 1.165) is 11.1 Å². The maximum Gasteiger partial charge on any atom is 0.329 e. The first kappa shape index (κ1) is 24.8. The highest BCUT2D eigenvalue weighted by molar-refractivity contribution is 6.42. The van der Waals surface area contributed by atoms with Gasteiger partial charge in [0.15, 0.2) is 12.1 Å². The highest BCUT2D eigenvalue weighted by Crippen LogP contribution is 2.23. The Morgan fingerprint density at radius 1 is 0.618 bits per heavy atom. The number of carbonyl (C=O) groups is 4. The Hall–Kier alpha value is -3.88. The molecule has 174 valence electrons. The van der Waals surface area contributed by atoms with Gasteiger partial charge in [-0.15, -0.1) is 0 Å². The normalized spacial score (nSPS) is 12.3. The molecule has 3 aromatic rings. The molecule has 3 rings (SSSR count). The number of carboxylic acids is 2. The number of amides is 2. The van der Waals surface area contributed by atoms with Crippen LogP contribution in [0.1, 0.15) is 20.7 Å². The largest absolute Gasteiger partial charge is 0.480 e. The van der Waals surface area contributed by atoms with Gasteiger partial charge in [0.05, 0.1) is 10.0 Å². The van der Waals surface area contributed by atoms with Crippen molar-refractivity contribution in [2.45, 2.75) is 12.1 Å². The number of rotatable bonds is 8. The Balaban J connectivity index is 1.77. The molecule has 0 heterocycles. The zero-order valence-corrected chi connectivity index (χ0v) is 18.9. The van der Waals surface area contributed by atoms with Crippen LogP contribution in [0.3, 0.4) is 0 Å². The molecule has 34 heavy (non-hydrogen) atoms. The van der Waals surface area contributed by atoms with Gasteiger partial charge in [0.25, 0.3) is 11.8 Å². The molecule has 0 radical (unpaired) electrons. The van der Waals surface area contributed by atoms with Crippen LogP contribution in [0.4, 0.5) is 0 Å². The van der Waals surface area contributed by atoms with E-state index in [-0.39, 0.29) is 21.2 Å². The van der Waals surface area contributed by atoms with E-state index in [1.165, 1.54) is 30.3 Å². The molecule has 2 atom stereocenters. The minimum absolute atomic E-state index is 0.0346. The smallest absolute Gasteiger partial charge is 0.329 e. The number of halogens is 2. The van der Waals surface area contributed by atoms with Crippen molar-refractivity contribution in [2.24, 2.45) is 0 Å². The molecular weight excluding hydrogens is 483 g/mol. The molecular formula is C24H18Cl2N2O6. The summed E-state index contributed by atoms with van der Waals surface area (Å²) in [5.74, 6) is -5.02. The van der Waals surface area contributed by atoms with E-state index < -0.39 is 35.8 Å². The summed E-state index contributed by atoms with van der Waals surface area (Å²) in [5.41, 5.74) is 1.84. The zero-order chi connectivity index (χ0) is 24.8. The topological polar surface area (TPSA) is 133 Å². The van der Waals surface area contributed by atoms with Gasteiger partial charge < -0.3 is 20.8 Å². The molecule has 8 nitrogen and oxygen atoms in total. The van der Waals surface area contributed by atoms with Crippen molar-refractivity contribution in [3.8, 4) is 11.1 Å². The van der Waals surface area contributed by atoms with E-state index in [1.54, 1.807) is 12.1 Å². The molecule has 0 aromatic heterocycles. The van der Waals surface area contributed by atoms with Crippen LogP contribution in [-0.4, -0.2) is 46.0 Å². The summed E-state index contributed by atoms with van der Waals surface area (Å²) in [5, 5.41) is 23.7. The molecule has 0 aliphatic carbocycles. The molecule has 0 spiro atoms. The summed E-state index contributed by atoms with van der Waals surface area (Å²) in [7, 11) is 0. The first-order valence-corrected chi connectivity index (χ1v) is 10.6. The Morgan fingerprint density at radius 2 is 1.09 bits per heavy atom. The van der Waals surface area contributed by atoms with Crippen LogP contribution in [0.2, 0.25) is 10.0 Å². The highest BCUT2D eigenvalue weighted by Gasteiger charge is 2.37. The number of aliphatic carboxylic acids is 2. The van der Waals surface area contributed by atoms with Crippen molar-refractivity contribution in [3.63, 3.8) is 0 Å². The molecule has 10 heteroatoms. The van der Waals surface area contributed by atoms with Gasteiger partial charge in [0, 0.05) is 11.1 Å². The second-order valence-corrected chi connectivity index (χ2v) is 7.97. The number of hydrogen-bond acceptors (Lipinski definition) is 4. The lowest BCUT2D eigenvalue weighted by Gasteiger charge is -2.23. The van der Waals surface area contributed by atoms with Crippen LogP contribution in [0.5, 0.6) is 0 Å². The minimum atomic E-state index is -1.97. The van der Waals surface area contributed by atoms with E-state index in [9.17, 15) is 29.4 Å². The number of hydrogen-bond donors (Lipinski definition) is 4. The van der Waals surface area contributed by atoms with E-state index >= 15 is 0 Å². The van der Waals surface area contributed by atoms with Gasteiger partial charge in [-0.05, 0) is 41.5 Å². The fourth-order valence-electron chi connectivity index (χ4n) is 3.11. The molecule has 0 fully saturated rings. The van der Waals surface area contributed by atoms with E-state index in [4.69, 9.17) is 23.2 Å². The van der Waals surface area contributed by atoms with Crippen molar-refractivity contribution in [2.75, 3.05) is 0 Å². The third-order valence-corrected chi connectivity index (χ3v) is 5.61. The van der Waals surface area contributed by atoms with Crippen molar-refractivity contribution in [1.82, 2.24) is 10.6 Å². The Bertz CT molecular complexity index is 1230. The van der Waals surface area contributed by atoms with E-state index in [1.807, 2.05) is 30.3 Å². The van der Waals surface area contributed by atoms with E-state index in [0.29, 0.717) is 0 Å². The number of carboxylic acid groups (broad SMARTS) is 2. The number of benzene rings is 3. The second kappa shape index (κ2) is 10.8. The number of carbonyl (C=O) groups excluding carboxylic acids is 2. The predicted octanol–water partition coefficient (Wildman–Crippen LogP) is 3.73. The minimum Gasteiger partial charge on any atom is -0.480 e. The van der Waals surface area contributed by atoms with Crippen molar-refractivity contribution in [3.05, 3.63) is 94.0 Å². The first-order chi connectivity index (χ1) is 16.2. The van der Waals surface area contributed by atoms with Gasteiger partial charge in [-0.1, -0.05) is 65.7 Å². The summed E-state index contributed by atoms with van der Waals surface area (Å²) in [6.45, 7) is 0. The summed E-state index contributed by atoms with van der Waals surface area (Å²) in [6.07, 6.45) is 0. The maximum atomic E-state index is 12.7. The average Bonchev–Trinajstić information content (AvgIpc) is 2.83. The van der Waals surface area contributed by atoms with Crippen LogP contribution >= 0.6 is 23.2 Å². The van der Waals surface area contributed by atoms with Crippen LogP contribution in [0, 0.1) is 0 Å². The maximum absolute atomic E-state index is 12.7. The Labute approximate surface area is 204 Å². The quantitative estimate of drug-likeness (QED) is 0.372. The Kier molecular flexibility index (Phi) is 7.88. The molecule has 0 aliphatic heterocycles. The van der Waals surface area contributed by atoms with Gasteiger partial charge in [-0.3, -0.25) is 9.59 Å². The molecule has 4 N–H and O–H groups in total. The molecule has 3 aromatic carbocycles. The Morgan fingerprint density at radius 3 is 1.59 bits per heavy atom. The molecule has 0 aliphatic rings. The van der Waals surface area contributed by atoms with Gasteiger partial charge in [-0.2, -0.15) is 0 Å². The predicted molar refractivity (Wildman–Crippen MR) is 126 cm³/mol. The third kappa shape index (κ3) is 5.92. The fourth-order valence-corrected chi connectivity index (χ4v) is 3.40. The van der Waals surface area contributed by atoms with E-state index in [2.05, 4.69) is 10.6 Å². The average molecular weight is 501 g/mol. The lowest BCUT2D eigenvalue weighted by Crippen LogP contribution is -2.59. The van der Waals surface area contributed by atoms with Gasteiger partial charge in [0.1, 0.15) is 0 Å². The van der Waals surface area contributed by atoms with Crippen LogP contribution in [0.25, 0.3) is 11.1 Å². The van der Waals surface area contributed by atoms with Crippen molar-refractivity contribution in [1.29, 1.82) is 0 Å². The molecule has 0 saturated heterocycles. The van der Waals surface area contributed by atoms with Crippen LogP contribution < -0.4 is 10.6 Å². The molecule has 2 unspecified atom stereocenters. The highest BCUT2D eigenvalue weighted by atomic mass is 35.5. The molecule has 0 bridgehead atoms. The van der Waals surface area contributed by atoms with Crippen molar-refractivity contribution < 1.29 is 29.4 Å². The van der Waals surface area contributed by atoms with Crippen LogP contribution in [-0.2, 0) is 9.59 Å². The monoisotopic (exact) mass is 500 g/mol. The molecule has 0 saturated carbocycles. The summed E-state index contributed by atoms with van der Waals surface area (Å²) < 4.78 is 0.